The molecule has 0 aromatic heterocycles. The number of carbonyl (C=O) groups is 2. The van der Waals surface area contributed by atoms with Crippen LogP contribution in [0.3, 0.4) is 0 Å². The van der Waals surface area contributed by atoms with E-state index >= 15 is 0 Å². The van der Waals surface area contributed by atoms with Crippen molar-refractivity contribution in [2.24, 2.45) is 0 Å². The normalized spacial score (nSPS) is 10.5. The van der Waals surface area contributed by atoms with Gasteiger partial charge in [0.2, 0.25) is 0 Å². The number of hydrogen-bond acceptors (Lipinski definition) is 5. The first kappa shape index (κ1) is 27.9. The molecule has 188 valence electrons. The van der Waals surface area contributed by atoms with Crippen LogP contribution in [0.1, 0.15) is 40.1 Å². The molecule has 0 fully saturated rings. The average Bonchev–Trinajstić information content (AvgIpc) is 2.85. The summed E-state index contributed by atoms with van der Waals surface area (Å²) in [7, 11) is 0. The van der Waals surface area contributed by atoms with Crippen molar-refractivity contribution >= 4 is 74.0 Å². The maximum absolute atomic E-state index is 13.0. The lowest BCUT2D eigenvalue weighted by atomic mass is 10.1. The lowest BCUT2D eigenvalue weighted by Gasteiger charge is -2.27. The summed E-state index contributed by atoms with van der Waals surface area (Å²) in [5.41, 5.74) is 2.04. The van der Waals surface area contributed by atoms with Gasteiger partial charge in [-0.3, -0.25) is 10.1 Å². The summed E-state index contributed by atoms with van der Waals surface area (Å²) in [6.07, 6.45) is 0. The van der Waals surface area contributed by atoms with Gasteiger partial charge < -0.3 is 14.4 Å². The Morgan fingerprint density at radius 3 is 2.19 bits per heavy atom. The van der Waals surface area contributed by atoms with Crippen LogP contribution in [0.4, 0.5) is 5.69 Å². The minimum Gasteiger partial charge on any atom is -0.493 e. The van der Waals surface area contributed by atoms with Crippen molar-refractivity contribution < 1.29 is 19.1 Å². The van der Waals surface area contributed by atoms with E-state index in [0.29, 0.717) is 49.3 Å². The zero-order valence-electron chi connectivity index (χ0n) is 19.5. The number of halogens is 3. The zero-order chi connectivity index (χ0) is 26.2. The van der Waals surface area contributed by atoms with Gasteiger partial charge in [0.05, 0.1) is 29.8 Å². The van der Waals surface area contributed by atoms with Crippen LogP contribution in [-0.4, -0.2) is 30.2 Å². The van der Waals surface area contributed by atoms with Crippen LogP contribution in [0.15, 0.2) is 65.1 Å². The second kappa shape index (κ2) is 13.1. The average molecular weight is 610 g/mol. The van der Waals surface area contributed by atoms with E-state index in [0.717, 1.165) is 0 Å². The van der Waals surface area contributed by atoms with Crippen molar-refractivity contribution in [3.63, 3.8) is 0 Å². The van der Waals surface area contributed by atoms with E-state index in [4.69, 9.17) is 44.9 Å². The van der Waals surface area contributed by atoms with Crippen LogP contribution >= 0.6 is 51.3 Å². The molecule has 3 rings (SSSR count). The molecule has 0 radical (unpaired) electrons. The smallest absolute Gasteiger partial charge is 0.338 e. The van der Waals surface area contributed by atoms with Gasteiger partial charge in [0, 0.05) is 26.9 Å². The summed E-state index contributed by atoms with van der Waals surface area (Å²) >= 11 is 21.9. The highest BCUT2D eigenvalue weighted by atomic mass is 79.9. The molecule has 0 aliphatic rings. The zero-order valence-corrected chi connectivity index (χ0v) is 23.4. The van der Waals surface area contributed by atoms with Crippen LogP contribution in [0.5, 0.6) is 5.75 Å². The monoisotopic (exact) mass is 608 g/mol. The summed E-state index contributed by atoms with van der Waals surface area (Å²) in [6, 6.07) is 16.9. The highest BCUT2D eigenvalue weighted by molar-refractivity contribution is 9.10. The fourth-order valence-electron chi connectivity index (χ4n) is 3.27. The third kappa shape index (κ3) is 6.97. The number of rotatable bonds is 8. The van der Waals surface area contributed by atoms with Gasteiger partial charge in [-0.2, -0.15) is 0 Å². The van der Waals surface area contributed by atoms with Crippen molar-refractivity contribution in [1.29, 1.82) is 0 Å². The number of hydrogen-bond donors (Lipinski definition) is 1. The molecular weight excluding hydrogens is 587 g/mol. The van der Waals surface area contributed by atoms with E-state index in [1.54, 1.807) is 72.5 Å². The van der Waals surface area contributed by atoms with E-state index < -0.39 is 11.9 Å². The Bertz CT molecular complexity index is 1250. The van der Waals surface area contributed by atoms with Crippen molar-refractivity contribution in [1.82, 2.24) is 5.32 Å². The molecule has 6 nitrogen and oxygen atoms in total. The molecule has 0 spiro atoms. The lowest BCUT2D eigenvalue weighted by molar-refractivity contribution is 0.0526. The quantitative estimate of drug-likeness (QED) is 0.218. The Kier molecular flexibility index (Phi) is 10.1. The van der Waals surface area contributed by atoms with Gasteiger partial charge in [-0.15, -0.1) is 0 Å². The fraction of sp³-hybridized carbons (Fsp3) is 0.192. The predicted octanol–water partition coefficient (Wildman–Crippen LogP) is 7.05. The van der Waals surface area contributed by atoms with Crippen molar-refractivity contribution in [2.45, 2.75) is 20.4 Å². The lowest BCUT2D eigenvalue weighted by Crippen LogP contribution is -2.42. The van der Waals surface area contributed by atoms with Crippen LogP contribution < -0.4 is 15.0 Å². The first-order valence-electron chi connectivity index (χ1n) is 11.0. The third-order valence-corrected chi connectivity index (χ3v) is 6.68. The summed E-state index contributed by atoms with van der Waals surface area (Å²) in [6.45, 7) is 4.58. The van der Waals surface area contributed by atoms with E-state index in [1.807, 2.05) is 6.92 Å². The maximum atomic E-state index is 13.0. The Morgan fingerprint density at radius 2 is 1.61 bits per heavy atom. The molecule has 0 heterocycles. The number of amides is 1. The molecule has 36 heavy (non-hydrogen) atoms. The maximum Gasteiger partial charge on any atom is 0.338 e. The third-order valence-electron chi connectivity index (χ3n) is 5.03. The van der Waals surface area contributed by atoms with Gasteiger partial charge in [0.15, 0.2) is 5.11 Å². The first-order valence-corrected chi connectivity index (χ1v) is 13.0. The largest absolute Gasteiger partial charge is 0.493 e. The summed E-state index contributed by atoms with van der Waals surface area (Å²) in [4.78, 5) is 26.8. The van der Waals surface area contributed by atoms with Gasteiger partial charge in [0.1, 0.15) is 5.75 Å². The van der Waals surface area contributed by atoms with Crippen LogP contribution in [0, 0.1) is 0 Å². The number of benzene rings is 3. The number of nitrogens with one attached hydrogen (secondary N) is 1. The number of esters is 1. The molecule has 0 aliphatic carbocycles. The highest BCUT2D eigenvalue weighted by Gasteiger charge is 2.20. The second-order valence-corrected chi connectivity index (χ2v) is 9.45. The van der Waals surface area contributed by atoms with Crippen LogP contribution in [0.25, 0.3) is 0 Å². The molecule has 1 N–H and O–H groups in total. The molecule has 0 saturated heterocycles. The second-order valence-electron chi connectivity index (χ2n) is 7.39. The summed E-state index contributed by atoms with van der Waals surface area (Å²) < 4.78 is 11.2. The number of thiocarbonyl (C=S) groups is 1. The number of nitrogens with zero attached hydrogens (tertiary/aromatic N) is 1. The van der Waals surface area contributed by atoms with Gasteiger partial charge in [-0.25, -0.2) is 4.79 Å². The Morgan fingerprint density at radius 1 is 0.972 bits per heavy atom. The molecule has 3 aromatic carbocycles. The van der Waals surface area contributed by atoms with Crippen molar-refractivity contribution in [2.75, 3.05) is 18.1 Å². The Labute approximate surface area is 233 Å². The van der Waals surface area contributed by atoms with E-state index in [-0.39, 0.29) is 18.3 Å². The minimum absolute atomic E-state index is 0.130. The summed E-state index contributed by atoms with van der Waals surface area (Å²) in [5, 5.41) is 3.82. The van der Waals surface area contributed by atoms with Crippen molar-refractivity contribution in [3.8, 4) is 5.75 Å². The van der Waals surface area contributed by atoms with Gasteiger partial charge in [0.25, 0.3) is 5.91 Å². The Balaban J connectivity index is 1.90. The summed E-state index contributed by atoms with van der Waals surface area (Å²) in [5.74, 6) is -0.197. The minimum atomic E-state index is -0.429. The standard InChI is InChI=1S/C26H23BrCl2N2O4S/c1-3-34-23-13-10-17(14-20(23)27)24(32)30-26(36)31(15-19-21(28)6-5-7-22(19)29)18-11-8-16(9-12-18)25(33)35-4-2/h5-14H,3-4,15H2,1-2H3,(H,30,32,36). The van der Waals surface area contributed by atoms with Gasteiger partial charge >= 0.3 is 5.97 Å². The van der Waals surface area contributed by atoms with Crippen molar-refractivity contribution in [3.05, 3.63) is 91.9 Å². The SMILES string of the molecule is CCOC(=O)c1ccc(N(Cc2c(Cl)cccc2Cl)C(=S)NC(=O)c2ccc(OCC)c(Br)c2)cc1. The molecule has 0 atom stereocenters. The van der Waals surface area contributed by atoms with E-state index in [1.165, 1.54) is 0 Å². The molecule has 0 bridgehead atoms. The van der Waals surface area contributed by atoms with Gasteiger partial charge in [-0.05, 0) is 96.6 Å². The number of ether oxygens (including phenoxy) is 2. The topological polar surface area (TPSA) is 67.9 Å². The number of anilines is 1. The Hall–Kier alpha value is -2.65. The molecule has 3 aromatic rings. The predicted molar refractivity (Wildman–Crippen MR) is 150 cm³/mol. The molecule has 0 unspecified atom stereocenters. The highest BCUT2D eigenvalue weighted by Crippen LogP contribution is 2.29. The first-order chi connectivity index (χ1) is 17.2. The molecule has 0 saturated carbocycles. The fourth-order valence-corrected chi connectivity index (χ4v) is 4.54. The molecule has 0 aliphatic heterocycles. The molecular formula is C26H23BrCl2N2O4S. The van der Waals surface area contributed by atoms with Crippen LogP contribution in [0.2, 0.25) is 10.0 Å². The molecule has 10 heteroatoms. The van der Waals surface area contributed by atoms with E-state index in [9.17, 15) is 9.59 Å². The van der Waals surface area contributed by atoms with Crippen LogP contribution in [-0.2, 0) is 11.3 Å². The van der Waals surface area contributed by atoms with Gasteiger partial charge in [-0.1, -0.05) is 29.3 Å². The molecule has 1 amide bonds. The number of carbonyl (C=O) groups excluding carboxylic acids is 2. The van der Waals surface area contributed by atoms with E-state index in [2.05, 4.69) is 21.2 Å².